The first-order valence-corrected chi connectivity index (χ1v) is 8.56. The fourth-order valence-electron chi connectivity index (χ4n) is 3.26. The van der Waals surface area contributed by atoms with Crippen molar-refractivity contribution in [1.82, 2.24) is 0 Å². The van der Waals surface area contributed by atoms with Crippen molar-refractivity contribution in [3.05, 3.63) is 64.0 Å². The highest BCUT2D eigenvalue weighted by Crippen LogP contribution is 2.50. The Labute approximate surface area is 172 Å². The highest BCUT2D eigenvalue weighted by Gasteiger charge is 2.63. The molecule has 3 rings (SSSR count). The van der Waals surface area contributed by atoms with Crippen LogP contribution in [0.1, 0.15) is 39.0 Å². The maximum absolute atomic E-state index is 14.6. The minimum Gasteiger partial charge on any atom is -0.374 e. The number of nitrogens with zero attached hydrogens (tertiary/aromatic N) is 1. The molecule has 4 nitrogen and oxygen atoms in total. The molecule has 0 saturated heterocycles. The monoisotopic (exact) mass is 444 g/mol. The third-order valence-electron chi connectivity index (χ3n) is 4.87. The Morgan fingerprint density at radius 2 is 1.81 bits per heavy atom. The molecular weight excluding hydrogens is 432 g/mol. The molecule has 31 heavy (non-hydrogen) atoms. The van der Waals surface area contributed by atoms with Crippen molar-refractivity contribution < 1.29 is 40.4 Å². The summed E-state index contributed by atoms with van der Waals surface area (Å²) in [5.41, 5.74) is -2.24. The average molecular weight is 444 g/mol. The van der Waals surface area contributed by atoms with Crippen molar-refractivity contribution in [2.24, 2.45) is 10.9 Å². The van der Waals surface area contributed by atoms with E-state index in [0.29, 0.717) is 5.56 Å². The molecule has 1 heterocycles. The minimum absolute atomic E-state index is 0.0130. The Balaban J connectivity index is 2.12. The number of amides is 1. The van der Waals surface area contributed by atoms with Gasteiger partial charge in [0.05, 0.1) is 17.7 Å². The summed E-state index contributed by atoms with van der Waals surface area (Å²) in [4.78, 5) is 15.9. The molecule has 0 saturated carbocycles. The fourth-order valence-corrected chi connectivity index (χ4v) is 3.26. The maximum Gasteiger partial charge on any atom is 0.435 e. The van der Waals surface area contributed by atoms with Gasteiger partial charge in [0, 0.05) is 11.1 Å². The van der Waals surface area contributed by atoms with Gasteiger partial charge in [-0.05, 0) is 36.2 Å². The fraction of sp³-hybridized carbons (Fsp3) is 0.263. The number of oxime groups is 1. The van der Waals surface area contributed by atoms with Gasteiger partial charge >= 0.3 is 12.4 Å². The molecule has 162 valence electrons. The van der Waals surface area contributed by atoms with Gasteiger partial charge < -0.3 is 10.6 Å². The lowest BCUT2D eigenvalue weighted by atomic mass is 9.81. The smallest absolute Gasteiger partial charge is 0.374 e. The Hall–Kier alpha value is -3.05. The molecule has 2 aromatic carbocycles. The zero-order valence-electron chi connectivity index (χ0n) is 15.7. The third kappa shape index (κ3) is 3.86. The van der Waals surface area contributed by atoms with Crippen LogP contribution in [0.3, 0.4) is 0 Å². The number of aryl methyl sites for hydroxylation is 1. The van der Waals surface area contributed by atoms with Gasteiger partial charge in [0.2, 0.25) is 5.91 Å². The van der Waals surface area contributed by atoms with Gasteiger partial charge in [-0.15, -0.1) is 0 Å². The van der Waals surface area contributed by atoms with E-state index in [4.69, 9.17) is 13.6 Å². The van der Waals surface area contributed by atoms with E-state index in [1.54, 1.807) is 0 Å². The first-order chi connectivity index (χ1) is 14.2. The summed E-state index contributed by atoms with van der Waals surface area (Å²) in [5, 5.41) is 3.37. The molecular formula is C19H12BF7N2O2. The number of carbonyl (C=O) groups is 1. The SMILES string of the molecule is [B]c1cc(C(F)(F)F)cc([C@]2(C(F)(F)F)CC(c3ccc(C(N)=O)c(C)c3)=NO2)c1F. The van der Waals surface area contributed by atoms with Crippen molar-refractivity contribution in [1.29, 1.82) is 0 Å². The van der Waals surface area contributed by atoms with Crippen LogP contribution in [0.25, 0.3) is 0 Å². The summed E-state index contributed by atoms with van der Waals surface area (Å²) < 4.78 is 96.0. The average Bonchev–Trinajstić information content (AvgIpc) is 3.09. The van der Waals surface area contributed by atoms with Crippen LogP contribution in [0.2, 0.25) is 0 Å². The standard InChI is InChI=1S/C19H12BF7N2O2/c1-8-4-9(2-3-11(8)16(28)30)14-7-17(31-29-14,19(25,26)27)12-5-10(18(22,23)24)6-13(20)15(12)21/h2-6H,7H2,1H3,(H2,28,30)/t17-/m0/s1. The molecule has 1 amide bonds. The van der Waals surface area contributed by atoms with Crippen LogP contribution in [0.5, 0.6) is 0 Å². The Kier molecular flexibility index (Phi) is 5.31. The summed E-state index contributed by atoms with van der Waals surface area (Å²) in [7, 11) is 5.22. The largest absolute Gasteiger partial charge is 0.435 e. The van der Waals surface area contributed by atoms with Gasteiger partial charge in [-0.25, -0.2) is 4.39 Å². The molecule has 0 unspecified atom stereocenters. The van der Waals surface area contributed by atoms with E-state index >= 15 is 0 Å². The molecule has 0 bridgehead atoms. The molecule has 1 atom stereocenters. The van der Waals surface area contributed by atoms with Gasteiger partial charge in [0.1, 0.15) is 13.7 Å². The summed E-state index contributed by atoms with van der Waals surface area (Å²) >= 11 is 0. The lowest BCUT2D eigenvalue weighted by molar-refractivity contribution is -0.276. The van der Waals surface area contributed by atoms with Crippen molar-refractivity contribution >= 4 is 24.9 Å². The predicted octanol–water partition coefficient (Wildman–Crippen LogP) is 3.63. The number of rotatable bonds is 3. The molecule has 12 heteroatoms. The second kappa shape index (κ2) is 7.28. The quantitative estimate of drug-likeness (QED) is 0.581. The van der Waals surface area contributed by atoms with Gasteiger partial charge in [-0.3, -0.25) is 4.79 Å². The molecule has 1 aliphatic rings. The van der Waals surface area contributed by atoms with Crippen LogP contribution in [0.15, 0.2) is 35.5 Å². The zero-order valence-corrected chi connectivity index (χ0v) is 15.7. The Morgan fingerprint density at radius 3 is 2.32 bits per heavy atom. The molecule has 0 fully saturated rings. The number of alkyl halides is 6. The molecule has 2 aromatic rings. The van der Waals surface area contributed by atoms with E-state index in [-0.39, 0.29) is 29.0 Å². The van der Waals surface area contributed by atoms with E-state index in [9.17, 15) is 35.5 Å². The second-order valence-electron chi connectivity index (χ2n) is 6.95. The topological polar surface area (TPSA) is 64.7 Å². The van der Waals surface area contributed by atoms with E-state index < -0.39 is 52.7 Å². The third-order valence-corrected chi connectivity index (χ3v) is 4.87. The van der Waals surface area contributed by atoms with E-state index in [1.165, 1.54) is 25.1 Å². The van der Waals surface area contributed by atoms with Crippen molar-refractivity contribution in [2.45, 2.75) is 31.3 Å². The van der Waals surface area contributed by atoms with Crippen LogP contribution in [0, 0.1) is 12.7 Å². The van der Waals surface area contributed by atoms with Crippen LogP contribution >= 0.6 is 0 Å². The number of primary amides is 1. The van der Waals surface area contributed by atoms with Gasteiger partial charge in [0.15, 0.2) is 0 Å². The molecule has 0 aromatic heterocycles. The number of carbonyl (C=O) groups excluding carboxylic acids is 1. The van der Waals surface area contributed by atoms with Gasteiger partial charge in [-0.2, -0.15) is 26.3 Å². The summed E-state index contributed by atoms with van der Waals surface area (Å²) in [6, 6.07) is 4.03. The molecule has 0 spiro atoms. The van der Waals surface area contributed by atoms with Crippen molar-refractivity contribution in [3.63, 3.8) is 0 Å². The van der Waals surface area contributed by atoms with E-state index in [1.807, 2.05) is 0 Å². The summed E-state index contributed by atoms with van der Waals surface area (Å²) in [6.45, 7) is 1.48. The summed E-state index contributed by atoms with van der Waals surface area (Å²) in [6.07, 6.45) is -11.5. The first kappa shape index (κ1) is 22.6. The second-order valence-corrected chi connectivity index (χ2v) is 6.95. The highest BCUT2D eigenvalue weighted by molar-refractivity contribution is 6.32. The number of nitrogens with two attached hydrogens (primary N) is 1. The van der Waals surface area contributed by atoms with E-state index in [0.717, 1.165) is 0 Å². The number of benzene rings is 2. The highest BCUT2D eigenvalue weighted by atomic mass is 19.4. The maximum atomic E-state index is 14.6. The number of halogens is 7. The number of hydrogen-bond donors (Lipinski definition) is 1. The predicted molar refractivity (Wildman–Crippen MR) is 96.5 cm³/mol. The normalized spacial score (nSPS) is 19.2. The van der Waals surface area contributed by atoms with Crippen molar-refractivity contribution in [3.8, 4) is 0 Å². The molecule has 1 aliphatic heterocycles. The van der Waals surface area contributed by atoms with Crippen LogP contribution in [-0.4, -0.2) is 25.6 Å². The first-order valence-electron chi connectivity index (χ1n) is 8.56. The lowest BCUT2D eigenvalue weighted by Crippen LogP contribution is -2.44. The molecule has 2 radical (unpaired) electrons. The van der Waals surface area contributed by atoms with Crippen LogP contribution < -0.4 is 11.2 Å². The minimum atomic E-state index is -5.35. The number of hydrogen-bond acceptors (Lipinski definition) is 3. The van der Waals surface area contributed by atoms with Gasteiger partial charge in [-0.1, -0.05) is 22.8 Å². The van der Waals surface area contributed by atoms with Crippen LogP contribution in [0.4, 0.5) is 30.7 Å². The zero-order chi connectivity index (χ0) is 23.4. The van der Waals surface area contributed by atoms with E-state index in [2.05, 4.69) is 9.99 Å². The Bertz CT molecular complexity index is 1100. The molecule has 2 N–H and O–H groups in total. The van der Waals surface area contributed by atoms with Crippen molar-refractivity contribution in [2.75, 3.05) is 0 Å². The lowest BCUT2D eigenvalue weighted by Gasteiger charge is -2.30. The summed E-state index contributed by atoms with van der Waals surface area (Å²) in [5.74, 6) is -2.46. The molecule has 0 aliphatic carbocycles. The van der Waals surface area contributed by atoms with Crippen LogP contribution in [-0.2, 0) is 16.6 Å². The Morgan fingerprint density at radius 1 is 1.16 bits per heavy atom. The van der Waals surface area contributed by atoms with Gasteiger partial charge in [0.25, 0.3) is 5.60 Å².